The van der Waals surface area contributed by atoms with Gasteiger partial charge in [-0.05, 0) is 75.3 Å². The Kier molecular flexibility index (Phi) is 10.3. The van der Waals surface area contributed by atoms with E-state index in [1.165, 1.54) is 44.6 Å². The minimum Gasteiger partial charge on any atom is -0.443 e. The summed E-state index contributed by atoms with van der Waals surface area (Å²) < 4.78 is 23.1. The molecule has 0 spiro atoms. The Labute approximate surface area is 251 Å². The summed E-state index contributed by atoms with van der Waals surface area (Å²) in [6, 6.07) is 4.47. The molecule has 2 heterocycles. The van der Waals surface area contributed by atoms with Crippen LogP contribution in [0.3, 0.4) is 0 Å². The van der Waals surface area contributed by atoms with E-state index in [1.807, 2.05) is 20.8 Å². The molecule has 2 amide bonds. The van der Waals surface area contributed by atoms with Crippen LogP contribution in [0.1, 0.15) is 72.1 Å². The van der Waals surface area contributed by atoms with Gasteiger partial charge in [0.2, 0.25) is 11.8 Å². The Morgan fingerprint density at radius 3 is 2.42 bits per heavy atom. The fourth-order valence-electron chi connectivity index (χ4n) is 4.53. The number of ether oxygens (including phenoxy) is 1. The highest BCUT2D eigenvalue weighted by molar-refractivity contribution is 5.93. The lowest BCUT2D eigenvalue weighted by Gasteiger charge is -2.23. The van der Waals surface area contributed by atoms with E-state index in [2.05, 4.69) is 10.3 Å². The second-order valence-electron chi connectivity index (χ2n) is 13.0. The summed E-state index contributed by atoms with van der Waals surface area (Å²) >= 11 is 0. The van der Waals surface area contributed by atoms with E-state index < -0.39 is 23.1 Å². The third-order valence-electron chi connectivity index (χ3n) is 6.29. The van der Waals surface area contributed by atoms with Crippen LogP contribution in [-0.4, -0.2) is 56.6 Å². The lowest BCUT2D eigenvalue weighted by atomic mass is 9.87. The Balaban J connectivity index is 1.92. The Bertz CT molecular complexity index is 1590. The maximum Gasteiger partial charge on any atom is 0.419 e. The second-order valence-corrected chi connectivity index (χ2v) is 13.0. The van der Waals surface area contributed by atoms with Crippen LogP contribution in [0.15, 0.2) is 47.5 Å². The molecular formula is C32H42FN5O5. The monoisotopic (exact) mass is 595 g/mol. The number of nitrogens with one attached hydrogen (secondary N) is 1. The third-order valence-corrected chi connectivity index (χ3v) is 6.29. The largest absolute Gasteiger partial charge is 0.443 e. The number of amides is 2. The van der Waals surface area contributed by atoms with Gasteiger partial charge in [-0.1, -0.05) is 26.8 Å². The van der Waals surface area contributed by atoms with Crippen molar-refractivity contribution in [2.75, 3.05) is 19.4 Å². The normalized spacial score (nSPS) is 12.1. The molecule has 11 heteroatoms. The number of hydrogen-bond donors (Lipinski definition) is 1. The maximum absolute atomic E-state index is 14.7. The van der Waals surface area contributed by atoms with Crippen molar-refractivity contribution >= 4 is 34.6 Å². The number of halogens is 1. The van der Waals surface area contributed by atoms with E-state index in [0.717, 1.165) is 0 Å². The molecular weight excluding hydrogens is 553 g/mol. The predicted molar refractivity (Wildman–Crippen MR) is 165 cm³/mol. The number of fused-ring (bicyclic) bond motifs is 1. The van der Waals surface area contributed by atoms with Crippen molar-refractivity contribution in [3.05, 3.63) is 70.2 Å². The number of anilines is 1. The van der Waals surface area contributed by atoms with Gasteiger partial charge in [0.15, 0.2) is 5.82 Å². The van der Waals surface area contributed by atoms with Gasteiger partial charge in [0, 0.05) is 38.3 Å². The number of carbonyl (C=O) groups is 3. The van der Waals surface area contributed by atoms with Gasteiger partial charge in [0.05, 0.1) is 17.8 Å². The number of rotatable bonds is 9. The van der Waals surface area contributed by atoms with E-state index in [-0.39, 0.29) is 36.0 Å². The van der Waals surface area contributed by atoms with Crippen molar-refractivity contribution < 1.29 is 23.5 Å². The standard InChI is InChI=1S/C32H42FN5O5/c1-31(2,3)19-22-17-23(33)16-21-18-24(38(27(21)22)30(42)43-32(4,5)6)20-37-15-14-34-28(29(37)41)35-25(39)12-10-9-11-13-26(40)36(7)8/h11,13-18H,9-10,12,19-20H2,1-8H3,(H,34,35,39)/b13-11+. The molecule has 10 nitrogen and oxygen atoms in total. The maximum atomic E-state index is 14.7. The van der Waals surface area contributed by atoms with Gasteiger partial charge in [-0.2, -0.15) is 0 Å². The van der Waals surface area contributed by atoms with Crippen molar-refractivity contribution in [1.82, 2.24) is 19.0 Å². The molecule has 0 atom stereocenters. The summed E-state index contributed by atoms with van der Waals surface area (Å²) in [5, 5.41) is 3.07. The molecule has 0 aliphatic rings. The van der Waals surface area contributed by atoms with Crippen LogP contribution in [-0.2, 0) is 27.3 Å². The molecule has 0 saturated carbocycles. The van der Waals surface area contributed by atoms with Crippen molar-refractivity contribution in [2.24, 2.45) is 5.41 Å². The first-order valence-electron chi connectivity index (χ1n) is 14.2. The van der Waals surface area contributed by atoms with Gasteiger partial charge in [0.1, 0.15) is 11.4 Å². The lowest BCUT2D eigenvalue weighted by molar-refractivity contribution is -0.123. The Hall–Kier alpha value is -4.28. The van der Waals surface area contributed by atoms with Crippen LogP contribution in [0.25, 0.3) is 10.9 Å². The van der Waals surface area contributed by atoms with Gasteiger partial charge in [-0.25, -0.2) is 18.7 Å². The number of carbonyl (C=O) groups excluding carboxylic acids is 3. The first-order chi connectivity index (χ1) is 19.9. The molecule has 1 N–H and O–H groups in total. The number of benzene rings is 1. The number of unbranched alkanes of at least 4 members (excludes halogenated alkanes) is 1. The quantitative estimate of drug-likeness (QED) is 0.258. The summed E-state index contributed by atoms with van der Waals surface area (Å²) in [4.78, 5) is 56.5. The van der Waals surface area contributed by atoms with Gasteiger partial charge >= 0.3 is 6.09 Å². The molecule has 232 valence electrons. The molecule has 0 saturated heterocycles. The zero-order chi connectivity index (χ0) is 32.1. The fraction of sp³-hybridized carbons (Fsp3) is 0.469. The summed E-state index contributed by atoms with van der Waals surface area (Å²) in [5.41, 5.74) is 0.0359. The van der Waals surface area contributed by atoms with Crippen molar-refractivity contribution in [1.29, 1.82) is 0 Å². The summed E-state index contributed by atoms with van der Waals surface area (Å²) in [7, 11) is 3.31. The minimum absolute atomic E-state index is 0.0561. The number of aromatic nitrogens is 3. The molecule has 3 aromatic rings. The highest BCUT2D eigenvalue weighted by Crippen LogP contribution is 2.31. The molecule has 0 bridgehead atoms. The van der Waals surface area contributed by atoms with E-state index in [1.54, 1.807) is 47.0 Å². The molecule has 0 fully saturated rings. The summed E-state index contributed by atoms with van der Waals surface area (Å²) in [6.45, 7) is 11.3. The minimum atomic E-state index is -0.794. The molecule has 1 aromatic carbocycles. The van der Waals surface area contributed by atoms with Crippen LogP contribution in [0, 0.1) is 11.2 Å². The molecule has 0 aliphatic carbocycles. The van der Waals surface area contributed by atoms with Crippen molar-refractivity contribution in [3.63, 3.8) is 0 Å². The van der Waals surface area contributed by atoms with Crippen LogP contribution < -0.4 is 10.9 Å². The van der Waals surface area contributed by atoms with Crippen LogP contribution in [0.5, 0.6) is 0 Å². The van der Waals surface area contributed by atoms with E-state index in [0.29, 0.717) is 41.4 Å². The van der Waals surface area contributed by atoms with Crippen LogP contribution >= 0.6 is 0 Å². The predicted octanol–water partition coefficient (Wildman–Crippen LogP) is 5.51. The Morgan fingerprint density at radius 1 is 1.09 bits per heavy atom. The average Bonchev–Trinajstić information content (AvgIpc) is 3.22. The van der Waals surface area contributed by atoms with Crippen molar-refractivity contribution in [2.45, 2.75) is 79.4 Å². The molecule has 43 heavy (non-hydrogen) atoms. The van der Waals surface area contributed by atoms with Crippen molar-refractivity contribution in [3.8, 4) is 0 Å². The number of hydrogen-bond acceptors (Lipinski definition) is 6. The topological polar surface area (TPSA) is 116 Å². The highest BCUT2D eigenvalue weighted by Gasteiger charge is 2.26. The van der Waals surface area contributed by atoms with Gasteiger partial charge in [-0.3, -0.25) is 14.4 Å². The number of nitrogens with zero attached hydrogens (tertiary/aromatic N) is 4. The zero-order valence-electron chi connectivity index (χ0n) is 26.3. The first-order valence-corrected chi connectivity index (χ1v) is 14.2. The summed E-state index contributed by atoms with van der Waals surface area (Å²) in [5.74, 6) is -1.10. The second kappa shape index (κ2) is 13.4. The third kappa shape index (κ3) is 9.36. The highest BCUT2D eigenvalue weighted by atomic mass is 19.1. The molecule has 0 radical (unpaired) electrons. The van der Waals surface area contributed by atoms with E-state index in [9.17, 15) is 23.6 Å². The van der Waals surface area contributed by atoms with Gasteiger partial charge in [0.25, 0.3) is 5.56 Å². The van der Waals surface area contributed by atoms with E-state index in [4.69, 9.17) is 4.74 Å². The Morgan fingerprint density at radius 2 is 1.79 bits per heavy atom. The average molecular weight is 596 g/mol. The van der Waals surface area contributed by atoms with Crippen LogP contribution in [0.2, 0.25) is 0 Å². The first kappa shape index (κ1) is 33.2. The summed E-state index contributed by atoms with van der Waals surface area (Å²) in [6.07, 6.45) is 6.98. The molecule has 3 rings (SSSR count). The zero-order valence-corrected chi connectivity index (χ0v) is 26.3. The fourth-order valence-corrected chi connectivity index (χ4v) is 4.53. The SMILES string of the molecule is CN(C)C(=O)/C=C/CCCC(=O)Nc1nccn(Cc2cc3cc(F)cc(CC(C)(C)C)c3n2C(=O)OC(C)(C)C)c1=O. The number of likely N-dealkylation sites (N-methyl/N-ethyl adjacent to an activating group) is 1. The number of allylic oxidation sites excluding steroid dienone is 1. The molecule has 0 unspecified atom stereocenters. The lowest BCUT2D eigenvalue weighted by Crippen LogP contribution is -2.30. The van der Waals surface area contributed by atoms with E-state index >= 15 is 0 Å². The smallest absolute Gasteiger partial charge is 0.419 e. The van der Waals surface area contributed by atoms with Gasteiger partial charge in [-0.15, -0.1) is 0 Å². The molecule has 2 aromatic heterocycles. The molecule has 0 aliphatic heterocycles. The van der Waals surface area contributed by atoms with Crippen LogP contribution in [0.4, 0.5) is 15.0 Å². The van der Waals surface area contributed by atoms with Gasteiger partial charge < -0.3 is 19.5 Å².